The molecule has 0 N–H and O–H groups in total. The molecule has 0 saturated heterocycles. The van der Waals surface area contributed by atoms with Crippen LogP contribution in [0, 0.1) is 0 Å². The van der Waals surface area contributed by atoms with Crippen molar-refractivity contribution >= 4 is 0 Å². The molecule has 0 bridgehead atoms. The van der Waals surface area contributed by atoms with Crippen molar-refractivity contribution in [3.63, 3.8) is 0 Å². The molecule has 0 heterocycles. The van der Waals surface area contributed by atoms with Crippen molar-refractivity contribution in [2.24, 2.45) is 0 Å². The third kappa shape index (κ3) is 4.32. The van der Waals surface area contributed by atoms with Crippen LogP contribution < -0.4 is 12.4 Å². The van der Waals surface area contributed by atoms with E-state index < -0.39 is 0 Å². The first-order chi connectivity index (χ1) is 6.70. The summed E-state index contributed by atoms with van der Waals surface area (Å²) in [6, 6.07) is 10.5. The molecule has 0 radical (unpaired) electrons. The highest BCUT2D eigenvalue weighted by Crippen LogP contribution is 2.11. The normalized spacial score (nSPS) is 13.4. The average Bonchev–Trinajstić information content (AvgIpc) is 2.20. The number of likely N-dealkylation sites (N-methyl/N-ethyl adjacent to an activating group) is 1. The van der Waals surface area contributed by atoms with E-state index in [2.05, 4.69) is 44.5 Å². The van der Waals surface area contributed by atoms with Gasteiger partial charge >= 0.3 is 0 Å². The molecule has 0 amide bonds. The summed E-state index contributed by atoms with van der Waals surface area (Å²) in [5.41, 5.74) is 1.33. The van der Waals surface area contributed by atoms with Crippen LogP contribution in [-0.4, -0.2) is 18.1 Å². The maximum absolute atomic E-state index is 3.87. The first-order valence-corrected chi connectivity index (χ1v) is 4.83. The van der Waals surface area contributed by atoms with Crippen molar-refractivity contribution in [1.82, 2.24) is 0 Å². The Morgan fingerprint density at radius 1 is 1.20 bits per heavy atom. The quantitative estimate of drug-likeness (QED) is 0.486. The first-order valence-electron chi connectivity index (χ1n) is 4.83. The number of quaternary nitrogens is 1. The molecular formula is C13H18ClN. The molecule has 0 aliphatic carbocycles. The van der Waals surface area contributed by atoms with E-state index >= 15 is 0 Å². The molecule has 0 aromatic heterocycles. The van der Waals surface area contributed by atoms with E-state index in [0.29, 0.717) is 0 Å². The van der Waals surface area contributed by atoms with Gasteiger partial charge in [0.05, 0.1) is 13.2 Å². The van der Waals surface area contributed by atoms with Gasteiger partial charge in [-0.25, -0.2) is 0 Å². The minimum absolute atomic E-state index is 0. The topological polar surface area (TPSA) is 0 Å². The summed E-state index contributed by atoms with van der Waals surface area (Å²) < 4.78 is 0.799. The van der Waals surface area contributed by atoms with Gasteiger partial charge in [0, 0.05) is 5.56 Å². The fourth-order valence-electron chi connectivity index (χ4n) is 1.50. The lowest BCUT2D eigenvalue weighted by molar-refractivity contribution is -0.867. The smallest absolute Gasteiger partial charge is 0.109 e. The molecule has 0 saturated carbocycles. The largest absolute Gasteiger partial charge is 1.00 e. The molecule has 1 nitrogen and oxygen atoms in total. The maximum Gasteiger partial charge on any atom is 0.109 e. The van der Waals surface area contributed by atoms with Crippen LogP contribution in [0.4, 0.5) is 0 Å². The first kappa shape index (κ1) is 13.9. The van der Waals surface area contributed by atoms with E-state index in [0.717, 1.165) is 17.6 Å². The van der Waals surface area contributed by atoms with E-state index in [1.165, 1.54) is 5.56 Å². The summed E-state index contributed by atoms with van der Waals surface area (Å²) in [6.45, 7) is 9.53. The monoisotopic (exact) mass is 223 g/mol. The van der Waals surface area contributed by atoms with Gasteiger partial charge in [-0.1, -0.05) is 36.9 Å². The van der Waals surface area contributed by atoms with Crippen molar-refractivity contribution < 1.29 is 16.9 Å². The summed E-state index contributed by atoms with van der Waals surface area (Å²) in [7, 11) is 2.15. The summed E-state index contributed by atoms with van der Waals surface area (Å²) in [4.78, 5) is 0. The zero-order chi connectivity index (χ0) is 10.4. The van der Waals surface area contributed by atoms with Crippen LogP contribution in [0.5, 0.6) is 0 Å². The fourth-order valence-corrected chi connectivity index (χ4v) is 1.50. The van der Waals surface area contributed by atoms with E-state index in [4.69, 9.17) is 0 Å². The Morgan fingerprint density at radius 3 is 2.27 bits per heavy atom. The molecule has 0 fully saturated rings. The van der Waals surface area contributed by atoms with Gasteiger partial charge in [-0.2, -0.15) is 0 Å². The lowest BCUT2D eigenvalue weighted by Gasteiger charge is -2.28. The van der Waals surface area contributed by atoms with E-state index in [-0.39, 0.29) is 12.4 Å². The molecule has 1 aromatic rings. The molecule has 1 unspecified atom stereocenters. The zero-order valence-electron chi connectivity index (χ0n) is 9.20. The summed E-state index contributed by atoms with van der Waals surface area (Å²) in [5.74, 6) is 0. The Labute approximate surface area is 98.7 Å². The summed E-state index contributed by atoms with van der Waals surface area (Å²) in [5, 5.41) is 0. The van der Waals surface area contributed by atoms with Crippen molar-refractivity contribution in [3.05, 3.63) is 61.3 Å². The minimum Gasteiger partial charge on any atom is -1.00 e. The van der Waals surface area contributed by atoms with Gasteiger partial charge in [0.1, 0.15) is 13.1 Å². The Kier molecular flexibility index (Phi) is 5.99. The molecule has 1 atom stereocenters. The lowest BCUT2D eigenvalue weighted by Crippen LogP contribution is -3.00. The molecule has 1 rings (SSSR count). The Bertz CT molecular complexity index is 308. The molecule has 15 heavy (non-hydrogen) atoms. The second-order valence-corrected chi connectivity index (χ2v) is 3.78. The maximum atomic E-state index is 3.87. The fraction of sp³-hybridized carbons (Fsp3) is 0.231. The van der Waals surface area contributed by atoms with Crippen molar-refractivity contribution in [3.8, 4) is 0 Å². The molecule has 0 aliphatic rings. The predicted molar refractivity (Wildman–Crippen MR) is 61.6 cm³/mol. The second-order valence-electron chi connectivity index (χ2n) is 3.78. The number of halogens is 1. The van der Waals surface area contributed by atoms with E-state index in [1.54, 1.807) is 0 Å². The Hall–Kier alpha value is -1.05. The van der Waals surface area contributed by atoms with Gasteiger partial charge in [-0.05, 0) is 12.7 Å². The third-order valence-corrected chi connectivity index (χ3v) is 2.37. The van der Waals surface area contributed by atoms with Crippen LogP contribution in [-0.2, 0) is 6.54 Å². The summed E-state index contributed by atoms with van der Waals surface area (Å²) in [6.07, 6.45) is 3.90. The molecule has 0 aliphatic heterocycles. The van der Waals surface area contributed by atoms with Crippen molar-refractivity contribution in [1.29, 1.82) is 0 Å². The van der Waals surface area contributed by atoms with Gasteiger partial charge in [0.25, 0.3) is 0 Å². The van der Waals surface area contributed by atoms with Crippen molar-refractivity contribution in [2.45, 2.75) is 6.54 Å². The van der Waals surface area contributed by atoms with Gasteiger partial charge in [0.2, 0.25) is 0 Å². The Morgan fingerprint density at radius 2 is 1.80 bits per heavy atom. The highest BCUT2D eigenvalue weighted by Gasteiger charge is 2.15. The van der Waals surface area contributed by atoms with Crippen LogP contribution in [0.15, 0.2) is 55.8 Å². The van der Waals surface area contributed by atoms with E-state index in [9.17, 15) is 0 Å². The number of nitrogens with zero attached hydrogens (tertiary/aromatic N) is 1. The predicted octanol–water partition coefficient (Wildman–Crippen LogP) is -0.0333. The van der Waals surface area contributed by atoms with Crippen LogP contribution in [0.1, 0.15) is 5.56 Å². The highest BCUT2D eigenvalue weighted by atomic mass is 35.5. The van der Waals surface area contributed by atoms with Crippen LogP contribution in [0.2, 0.25) is 0 Å². The number of rotatable bonds is 5. The van der Waals surface area contributed by atoms with Gasteiger partial charge in [-0.15, -0.1) is 0 Å². The molecule has 1 aromatic carbocycles. The van der Waals surface area contributed by atoms with Crippen molar-refractivity contribution in [2.75, 3.05) is 13.6 Å². The number of hydrogen-bond acceptors (Lipinski definition) is 0. The SMILES string of the molecule is C=CC[N+](C)(C=C)Cc1ccccc1.[Cl-]. The second kappa shape index (κ2) is 6.44. The standard InChI is InChI=1S/C13H18N.ClH/c1-4-11-14(3,5-2)12-13-9-7-6-8-10-13;/h4-10H,1-2,11-12H2,3H3;1H/q+1;/p-1. The average molecular weight is 224 g/mol. The third-order valence-electron chi connectivity index (χ3n) is 2.37. The number of hydrogen-bond donors (Lipinski definition) is 0. The molecule has 82 valence electrons. The zero-order valence-corrected chi connectivity index (χ0v) is 9.95. The number of benzene rings is 1. The van der Waals surface area contributed by atoms with Crippen LogP contribution >= 0.6 is 0 Å². The molecule has 2 heteroatoms. The molecule has 0 spiro atoms. The van der Waals surface area contributed by atoms with Gasteiger partial charge in [-0.3, -0.25) is 4.48 Å². The minimum atomic E-state index is 0. The Balaban J connectivity index is 0.00000196. The van der Waals surface area contributed by atoms with E-state index in [1.807, 2.05) is 18.3 Å². The summed E-state index contributed by atoms with van der Waals surface area (Å²) >= 11 is 0. The van der Waals surface area contributed by atoms with Crippen LogP contribution in [0.25, 0.3) is 0 Å². The van der Waals surface area contributed by atoms with Crippen LogP contribution in [0.3, 0.4) is 0 Å². The van der Waals surface area contributed by atoms with Gasteiger partial charge < -0.3 is 12.4 Å². The lowest BCUT2D eigenvalue weighted by atomic mass is 10.2. The van der Waals surface area contributed by atoms with Gasteiger partial charge in [0.15, 0.2) is 0 Å². The highest BCUT2D eigenvalue weighted by molar-refractivity contribution is 5.13. The molecular weight excluding hydrogens is 206 g/mol.